The fraction of sp³-hybridized carbons (Fsp3) is 0.812. The van der Waals surface area contributed by atoms with Gasteiger partial charge in [-0.3, -0.25) is 0 Å². The first-order valence-corrected chi connectivity index (χ1v) is 19.9. The molecule has 0 bridgehead atoms. The van der Waals surface area contributed by atoms with Crippen LogP contribution in [0.15, 0.2) is 46.8 Å². The smallest absolute Gasteiger partial charge is 0.334 e. The second-order valence-electron chi connectivity index (χ2n) is 21.8. The number of carbonyl (C=O) groups is 1. The average molecular weight is 767 g/mol. The van der Waals surface area contributed by atoms with Crippen molar-refractivity contribution in [2.45, 2.75) is 210 Å². The first kappa shape index (κ1) is 58.8. The molecule has 0 aromatic heterocycles. The largest absolute Gasteiger partial charge is 0.496 e. The van der Waals surface area contributed by atoms with E-state index >= 15 is 0 Å². The highest BCUT2D eigenvalue weighted by Gasteiger charge is 2.43. The van der Waals surface area contributed by atoms with E-state index in [1.54, 1.807) is 13.2 Å². The highest BCUT2D eigenvalue weighted by molar-refractivity contribution is 5.88. The molecule has 1 atom stereocenters. The first-order chi connectivity index (χ1) is 23.6. The number of hydrogen-bond donors (Lipinski definition) is 0. The SMILES string of the molecule is C=CC(C)(C)C.CC(C)(C)C1(C)COC1.CC(C)(C)C1CO1.CC(C)=C(C)C(=O)OC(C)(C)C.CC(C)=C(C)COC(C)(C)C.CC(C)=COC(C)(C)C. The lowest BCUT2D eigenvalue weighted by Crippen LogP contribution is -2.49. The summed E-state index contributed by atoms with van der Waals surface area (Å²) in [6.45, 7) is 63.2. The van der Waals surface area contributed by atoms with Crippen LogP contribution in [0, 0.1) is 21.7 Å². The molecule has 0 aliphatic carbocycles. The van der Waals surface area contributed by atoms with Crippen LogP contribution in [0.5, 0.6) is 0 Å². The summed E-state index contributed by atoms with van der Waals surface area (Å²) < 4.78 is 26.3. The van der Waals surface area contributed by atoms with Crippen LogP contribution in [0.1, 0.15) is 187 Å². The van der Waals surface area contributed by atoms with Crippen LogP contribution >= 0.6 is 0 Å². The van der Waals surface area contributed by atoms with Gasteiger partial charge in [0.15, 0.2) is 0 Å². The van der Waals surface area contributed by atoms with Crippen LogP contribution < -0.4 is 0 Å². The molecule has 0 N–H and O–H groups in total. The van der Waals surface area contributed by atoms with Gasteiger partial charge in [-0.1, -0.05) is 86.5 Å². The van der Waals surface area contributed by atoms with Crippen molar-refractivity contribution in [3.63, 3.8) is 0 Å². The van der Waals surface area contributed by atoms with E-state index in [9.17, 15) is 4.79 Å². The van der Waals surface area contributed by atoms with Gasteiger partial charge < -0.3 is 23.7 Å². The molecule has 2 heterocycles. The highest BCUT2D eigenvalue weighted by Crippen LogP contribution is 2.43. The van der Waals surface area contributed by atoms with Gasteiger partial charge in [0.05, 0.1) is 50.0 Å². The zero-order chi connectivity index (χ0) is 44.3. The average Bonchev–Trinajstić information content (AvgIpc) is 3.78. The number of epoxide rings is 1. The first-order valence-electron chi connectivity index (χ1n) is 19.9. The van der Waals surface area contributed by atoms with Crippen molar-refractivity contribution >= 4 is 5.97 Å². The number of rotatable bonds is 4. The molecular weight excluding hydrogens is 673 g/mol. The van der Waals surface area contributed by atoms with Gasteiger partial charge in [-0.2, -0.15) is 0 Å². The van der Waals surface area contributed by atoms with E-state index in [2.05, 4.69) is 117 Å². The Morgan fingerprint density at radius 1 is 0.704 bits per heavy atom. The molecule has 0 saturated carbocycles. The lowest BCUT2D eigenvalue weighted by molar-refractivity contribution is -0.158. The number of ether oxygens (including phenoxy) is 5. The standard InChI is InChI=1S/C10H18O2.C10H20O.2C8H16O.C6H12O.C6H12/c1-7(2)8(3)9(11)12-10(4,5)6;1-8(2)9(3)7-11-10(4,5)6;1-7(2,3)8(4)5-9-6-8;1-7(2)6-9-8(3,4)5;1-6(2,3)5-4-7-5;1-5-6(2,3)4/h1-6H3;7H2,1-6H3;5-6H2,1-4H3;6H,1-5H3;5H,4H2,1-3H3;5H,1H2,2-4H3. The summed E-state index contributed by atoms with van der Waals surface area (Å²) in [5.74, 6) is -0.220. The minimum absolute atomic E-state index is 0.0172. The van der Waals surface area contributed by atoms with Gasteiger partial charge >= 0.3 is 5.97 Å². The second kappa shape index (κ2) is 24.7. The summed E-state index contributed by atoms with van der Waals surface area (Å²) in [5, 5.41) is 0. The molecule has 6 heteroatoms. The van der Waals surface area contributed by atoms with E-state index in [1.165, 1.54) is 16.7 Å². The summed E-state index contributed by atoms with van der Waals surface area (Å²) in [4.78, 5) is 11.3. The molecule has 2 rings (SSSR count). The van der Waals surface area contributed by atoms with Crippen LogP contribution in [0.25, 0.3) is 0 Å². The molecule has 6 nitrogen and oxygen atoms in total. The fourth-order valence-electron chi connectivity index (χ4n) is 2.71. The topological polar surface area (TPSA) is 66.5 Å². The minimum atomic E-state index is -0.395. The molecule has 0 aromatic rings. The third-order valence-electron chi connectivity index (χ3n) is 8.24. The van der Waals surface area contributed by atoms with E-state index in [1.807, 2.05) is 75.3 Å². The third-order valence-corrected chi connectivity index (χ3v) is 8.24. The normalized spacial score (nSPS) is 15.9. The van der Waals surface area contributed by atoms with Gasteiger partial charge in [-0.05, 0) is 145 Å². The molecular formula is C48H94O6. The van der Waals surface area contributed by atoms with Gasteiger partial charge in [-0.15, -0.1) is 6.58 Å². The molecule has 0 radical (unpaired) electrons. The quantitative estimate of drug-likeness (QED) is 0.0933. The van der Waals surface area contributed by atoms with Gasteiger partial charge in [0.1, 0.15) is 5.60 Å². The van der Waals surface area contributed by atoms with Crippen molar-refractivity contribution in [3.05, 3.63) is 46.8 Å². The Bertz CT molecular complexity index is 1140. The Kier molecular flexibility index (Phi) is 26.9. The fourth-order valence-corrected chi connectivity index (χ4v) is 2.71. The Morgan fingerprint density at radius 2 is 1.11 bits per heavy atom. The van der Waals surface area contributed by atoms with Crippen molar-refractivity contribution < 1.29 is 28.5 Å². The van der Waals surface area contributed by atoms with Crippen molar-refractivity contribution in [2.75, 3.05) is 26.4 Å². The minimum Gasteiger partial charge on any atom is -0.496 e. The molecule has 322 valence electrons. The van der Waals surface area contributed by atoms with E-state index in [0.717, 1.165) is 32.0 Å². The van der Waals surface area contributed by atoms with Crippen LogP contribution in [0.2, 0.25) is 0 Å². The predicted molar refractivity (Wildman–Crippen MR) is 237 cm³/mol. The van der Waals surface area contributed by atoms with Crippen molar-refractivity contribution in [3.8, 4) is 0 Å². The highest BCUT2D eigenvalue weighted by atomic mass is 16.6. The summed E-state index contributed by atoms with van der Waals surface area (Å²) in [5.41, 5.74) is 6.67. The number of carbonyl (C=O) groups excluding carboxylic acids is 1. The van der Waals surface area contributed by atoms with Crippen molar-refractivity contribution in [1.82, 2.24) is 0 Å². The van der Waals surface area contributed by atoms with Gasteiger partial charge in [0, 0.05) is 11.0 Å². The molecule has 1 unspecified atom stereocenters. The van der Waals surface area contributed by atoms with Crippen LogP contribution in [-0.4, -0.2) is 55.3 Å². The summed E-state index contributed by atoms with van der Waals surface area (Å²) in [6.07, 6.45) is 4.28. The molecule has 0 amide bonds. The third kappa shape index (κ3) is 38.4. The maximum Gasteiger partial charge on any atom is 0.334 e. The van der Waals surface area contributed by atoms with Crippen molar-refractivity contribution in [2.24, 2.45) is 21.7 Å². The molecule has 0 spiro atoms. The summed E-state index contributed by atoms with van der Waals surface area (Å²) in [6, 6.07) is 0. The lowest BCUT2D eigenvalue weighted by Gasteiger charge is -2.48. The lowest BCUT2D eigenvalue weighted by atomic mass is 9.67. The molecule has 2 saturated heterocycles. The number of esters is 1. The monoisotopic (exact) mass is 767 g/mol. The van der Waals surface area contributed by atoms with Crippen LogP contribution in [-0.2, 0) is 28.5 Å². The maximum absolute atomic E-state index is 11.3. The zero-order valence-corrected chi connectivity index (χ0v) is 41.2. The van der Waals surface area contributed by atoms with Crippen LogP contribution in [0.4, 0.5) is 0 Å². The predicted octanol–water partition coefficient (Wildman–Crippen LogP) is 14.3. The second-order valence-corrected chi connectivity index (χ2v) is 21.8. The molecule has 0 aromatic carbocycles. The Morgan fingerprint density at radius 3 is 1.24 bits per heavy atom. The summed E-state index contributed by atoms with van der Waals surface area (Å²) in [7, 11) is 0. The zero-order valence-electron chi connectivity index (χ0n) is 41.2. The number of allylic oxidation sites excluding steroid dienone is 4. The summed E-state index contributed by atoms with van der Waals surface area (Å²) >= 11 is 0. The number of hydrogen-bond acceptors (Lipinski definition) is 6. The van der Waals surface area contributed by atoms with Gasteiger partial charge in [0.25, 0.3) is 0 Å². The molecule has 54 heavy (non-hydrogen) atoms. The van der Waals surface area contributed by atoms with Crippen LogP contribution in [0.3, 0.4) is 0 Å². The Hall–Kier alpha value is -1.89. The van der Waals surface area contributed by atoms with Gasteiger partial charge in [0.2, 0.25) is 0 Å². The maximum atomic E-state index is 11.3. The Balaban J connectivity index is -0.000000281. The van der Waals surface area contributed by atoms with Gasteiger partial charge in [-0.25, -0.2) is 4.79 Å². The van der Waals surface area contributed by atoms with Crippen molar-refractivity contribution in [1.29, 1.82) is 0 Å². The molecule has 2 aliphatic rings. The van der Waals surface area contributed by atoms with E-state index in [0.29, 0.717) is 33.3 Å². The Labute approximate surface area is 338 Å². The van der Waals surface area contributed by atoms with E-state index in [-0.39, 0.29) is 17.2 Å². The molecule has 2 fully saturated rings. The molecule has 2 aliphatic heterocycles. The van der Waals surface area contributed by atoms with E-state index < -0.39 is 5.60 Å². The van der Waals surface area contributed by atoms with E-state index in [4.69, 9.17) is 23.7 Å².